The molecule has 1 atom stereocenters. The molecule has 0 saturated heterocycles. The van der Waals surface area contributed by atoms with Crippen molar-refractivity contribution in [2.45, 2.75) is 26.0 Å². The number of esters is 1. The van der Waals surface area contributed by atoms with E-state index in [0.29, 0.717) is 26.2 Å². The van der Waals surface area contributed by atoms with Gasteiger partial charge in [-0.3, -0.25) is 0 Å². The molecule has 5 heteroatoms. The van der Waals surface area contributed by atoms with Gasteiger partial charge in [-0.05, 0) is 12.5 Å². The van der Waals surface area contributed by atoms with Gasteiger partial charge in [-0.1, -0.05) is 30.3 Å². The number of hydrogen-bond acceptors (Lipinski definition) is 5. The largest absolute Gasteiger partial charge is 0.464 e. The molecular formula is C14H17NO4. The lowest BCUT2D eigenvalue weighted by molar-refractivity contribution is -0.145. The molecular weight excluding hydrogens is 246 g/mol. The van der Waals surface area contributed by atoms with Crippen LogP contribution in [0.2, 0.25) is 0 Å². The molecule has 1 aromatic carbocycles. The van der Waals surface area contributed by atoms with Crippen molar-refractivity contribution in [2.75, 3.05) is 13.2 Å². The highest BCUT2D eigenvalue weighted by atomic mass is 16.7. The fourth-order valence-corrected chi connectivity index (χ4v) is 1.69. The lowest BCUT2D eigenvalue weighted by Crippen LogP contribution is -2.30. The summed E-state index contributed by atoms with van der Waals surface area (Å²) in [7, 11) is 0. The first kappa shape index (κ1) is 13.4. The fourth-order valence-electron chi connectivity index (χ4n) is 1.69. The van der Waals surface area contributed by atoms with E-state index in [4.69, 9.17) is 14.2 Å². The second-order valence-corrected chi connectivity index (χ2v) is 4.07. The summed E-state index contributed by atoms with van der Waals surface area (Å²) >= 11 is 0. The van der Waals surface area contributed by atoms with Gasteiger partial charge in [0.15, 0.2) is 6.04 Å². The van der Waals surface area contributed by atoms with E-state index < -0.39 is 6.04 Å². The first-order chi connectivity index (χ1) is 9.29. The minimum atomic E-state index is -0.514. The fraction of sp³-hybridized carbons (Fsp3) is 0.429. The quantitative estimate of drug-likeness (QED) is 0.779. The lowest BCUT2D eigenvalue weighted by Gasteiger charge is -2.19. The summed E-state index contributed by atoms with van der Waals surface area (Å²) in [5.41, 5.74) is 1.02. The smallest absolute Gasteiger partial charge is 0.384 e. The van der Waals surface area contributed by atoms with Gasteiger partial charge in [0.25, 0.3) is 0 Å². The highest BCUT2D eigenvalue weighted by Gasteiger charge is 2.25. The van der Waals surface area contributed by atoms with Crippen molar-refractivity contribution in [2.24, 2.45) is 4.99 Å². The molecule has 0 N–H and O–H groups in total. The summed E-state index contributed by atoms with van der Waals surface area (Å²) in [5, 5.41) is 0. The zero-order valence-corrected chi connectivity index (χ0v) is 10.9. The van der Waals surface area contributed by atoms with E-state index in [9.17, 15) is 4.79 Å². The molecule has 0 bridgehead atoms. The van der Waals surface area contributed by atoms with Gasteiger partial charge in [-0.2, -0.15) is 0 Å². The van der Waals surface area contributed by atoms with Crippen molar-refractivity contribution in [3.05, 3.63) is 35.9 Å². The Hall–Kier alpha value is -2.04. The Morgan fingerprint density at radius 3 is 2.95 bits per heavy atom. The zero-order valence-electron chi connectivity index (χ0n) is 10.9. The summed E-state index contributed by atoms with van der Waals surface area (Å²) in [6.45, 7) is 2.91. The highest BCUT2D eigenvalue weighted by Crippen LogP contribution is 2.11. The monoisotopic (exact) mass is 263 g/mol. The second kappa shape index (κ2) is 6.78. The third-order valence-electron chi connectivity index (χ3n) is 2.64. The van der Waals surface area contributed by atoms with E-state index in [1.54, 1.807) is 6.92 Å². The van der Waals surface area contributed by atoms with Crippen molar-refractivity contribution in [3.8, 4) is 0 Å². The zero-order chi connectivity index (χ0) is 13.5. The van der Waals surface area contributed by atoms with Crippen LogP contribution in [0.5, 0.6) is 0 Å². The van der Waals surface area contributed by atoms with E-state index in [2.05, 4.69) is 4.99 Å². The minimum Gasteiger partial charge on any atom is -0.464 e. The molecule has 1 aliphatic heterocycles. The first-order valence-corrected chi connectivity index (χ1v) is 6.33. The third kappa shape index (κ3) is 3.98. The number of rotatable bonds is 4. The average molecular weight is 263 g/mol. The van der Waals surface area contributed by atoms with E-state index in [1.807, 2.05) is 30.3 Å². The van der Waals surface area contributed by atoms with Gasteiger partial charge < -0.3 is 14.2 Å². The molecule has 0 unspecified atom stereocenters. The summed E-state index contributed by atoms with van der Waals surface area (Å²) in [6, 6.07) is 9.19. The maximum absolute atomic E-state index is 11.6. The molecule has 19 heavy (non-hydrogen) atoms. The van der Waals surface area contributed by atoms with Crippen LogP contribution >= 0.6 is 0 Å². The van der Waals surface area contributed by atoms with Gasteiger partial charge in [0.1, 0.15) is 6.61 Å². The molecule has 0 spiro atoms. The number of carbonyl (C=O) groups excluding carboxylic acids is 1. The molecule has 2 rings (SSSR count). The molecule has 0 radical (unpaired) electrons. The topological polar surface area (TPSA) is 57.1 Å². The van der Waals surface area contributed by atoms with Crippen molar-refractivity contribution >= 4 is 12.1 Å². The van der Waals surface area contributed by atoms with Crippen LogP contribution < -0.4 is 0 Å². The molecule has 5 nitrogen and oxygen atoms in total. The number of hydrogen-bond donors (Lipinski definition) is 0. The van der Waals surface area contributed by atoms with Gasteiger partial charge in [0.2, 0.25) is 0 Å². The number of carbonyl (C=O) groups is 1. The first-order valence-electron chi connectivity index (χ1n) is 6.33. The molecule has 1 heterocycles. The van der Waals surface area contributed by atoms with E-state index in [-0.39, 0.29) is 12.1 Å². The van der Waals surface area contributed by atoms with Gasteiger partial charge in [-0.15, -0.1) is 0 Å². The Bertz CT molecular complexity index is 444. The maximum atomic E-state index is 11.6. The van der Waals surface area contributed by atoms with Crippen molar-refractivity contribution in [1.29, 1.82) is 0 Å². The number of benzene rings is 1. The summed E-state index contributed by atoms with van der Waals surface area (Å²) < 4.78 is 15.7. The predicted molar refractivity (Wildman–Crippen MR) is 69.7 cm³/mol. The molecule has 0 fully saturated rings. The molecule has 0 aromatic heterocycles. The number of ether oxygens (including phenoxy) is 3. The van der Waals surface area contributed by atoms with E-state index >= 15 is 0 Å². The summed E-state index contributed by atoms with van der Waals surface area (Å²) in [6.07, 6.45) is 0.685. The standard InChI is InChI=1S/C14H17NO4/c1-2-17-13(16)12-8-9-18-14(15-12)19-10-11-6-4-3-5-7-11/h3-7,12H,2,8-10H2,1H3/t12-/m0/s1. The molecule has 0 amide bonds. The van der Waals surface area contributed by atoms with Gasteiger partial charge in [-0.25, -0.2) is 9.79 Å². The third-order valence-corrected chi connectivity index (χ3v) is 2.64. The molecule has 0 saturated carbocycles. The molecule has 102 valence electrons. The Labute approximate surface area is 112 Å². The number of nitrogens with zero attached hydrogens (tertiary/aromatic N) is 1. The van der Waals surface area contributed by atoms with Crippen LogP contribution in [-0.2, 0) is 25.6 Å². The predicted octanol–water partition coefficient (Wildman–Crippen LogP) is 1.91. The maximum Gasteiger partial charge on any atom is 0.384 e. The van der Waals surface area contributed by atoms with Crippen LogP contribution in [0.3, 0.4) is 0 Å². The molecule has 0 aliphatic carbocycles. The van der Waals surface area contributed by atoms with Crippen LogP contribution in [0.15, 0.2) is 35.3 Å². The normalized spacial score (nSPS) is 18.2. The summed E-state index contributed by atoms with van der Waals surface area (Å²) in [4.78, 5) is 15.7. The lowest BCUT2D eigenvalue weighted by atomic mass is 10.2. The van der Waals surface area contributed by atoms with Crippen LogP contribution in [0.1, 0.15) is 18.9 Å². The highest BCUT2D eigenvalue weighted by molar-refractivity contribution is 5.80. The SMILES string of the molecule is CCOC(=O)[C@@H]1CCOC(OCc2ccccc2)=N1. The number of aliphatic imine (C=N–C) groups is 1. The Morgan fingerprint density at radius 2 is 2.21 bits per heavy atom. The Morgan fingerprint density at radius 1 is 1.42 bits per heavy atom. The Kier molecular flexibility index (Phi) is 4.78. The Balaban J connectivity index is 1.90. The van der Waals surface area contributed by atoms with E-state index in [1.165, 1.54) is 0 Å². The van der Waals surface area contributed by atoms with E-state index in [0.717, 1.165) is 5.56 Å². The summed E-state index contributed by atoms with van der Waals surface area (Å²) in [5.74, 6) is -0.327. The van der Waals surface area contributed by atoms with Crippen molar-refractivity contribution < 1.29 is 19.0 Å². The average Bonchev–Trinajstić information content (AvgIpc) is 2.47. The second-order valence-electron chi connectivity index (χ2n) is 4.07. The van der Waals surface area contributed by atoms with Crippen LogP contribution in [-0.4, -0.2) is 31.3 Å². The van der Waals surface area contributed by atoms with Crippen molar-refractivity contribution in [3.63, 3.8) is 0 Å². The van der Waals surface area contributed by atoms with Gasteiger partial charge >= 0.3 is 12.1 Å². The van der Waals surface area contributed by atoms with Crippen LogP contribution in [0.4, 0.5) is 0 Å². The van der Waals surface area contributed by atoms with Crippen molar-refractivity contribution in [1.82, 2.24) is 0 Å². The molecule has 1 aromatic rings. The molecule has 1 aliphatic rings. The van der Waals surface area contributed by atoms with Crippen LogP contribution in [0.25, 0.3) is 0 Å². The minimum absolute atomic E-state index is 0.160. The van der Waals surface area contributed by atoms with Crippen LogP contribution in [0, 0.1) is 0 Å². The van der Waals surface area contributed by atoms with Gasteiger partial charge in [0, 0.05) is 6.42 Å². The van der Waals surface area contributed by atoms with Gasteiger partial charge in [0.05, 0.1) is 13.2 Å².